The van der Waals surface area contributed by atoms with Crippen LogP contribution in [-0.4, -0.2) is 83.4 Å². The average molecular weight is 612 g/mol. The zero-order valence-corrected chi connectivity index (χ0v) is 26.7. The molecule has 2 aromatic heterocycles. The van der Waals surface area contributed by atoms with E-state index in [0.29, 0.717) is 54.6 Å². The zero-order valence-electron chi connectivity index (χ0n) is 25.9. The van der Waals surface area contributed by atoms with E-state index < -0.39 is 16.8 Å². The maximum absolute atomic E-state index is 13.4. The second kappa shape index (κ2) is 13.3. The van der Waals surface area contributed by atoms with E-state index in [-0.39, 0.29) is 17.8 Å². The van der Waals surface area contributed by atoms with Gasteiger partial charge in [-0.1, -0.05) is 17.9 Å². The van der Waals surface area contributed by atoms with Gasteiger partial charge in [0.2, 0.25) is 5.95 Å². The first-order valence-electron chi connectivity index (χ1n) is 14.4. The van der Waals surface area contributed by atoms with Gasteiger partial charge in [0, 0.05) is 50.4 Å². The fraction of sp³-hybridized carbons (Fsp3) is 0.455. The van der Waals surface area contributed by atoms with Crippen molar-refractivity contribution in [2.24, 2.45) is 4.99 Å². The predicted octanol–water partition coefficient (Wildman–Crippen LogP) is 4.73. The van der Waals surface area contributed by atoms with Gasteiger partial charge in [-0.3, -0.25) is 4.79 Å². The fourth-order valence-electron chi connectivity index (χ4n) is 5.20. The number of nitriles is 1. The number of terminal acetylenes is 1. The van der Waals surface area contributed by atoms with Gasteiger partial charge in [-0.15, -0.1) is 24.3 Å². The lowest BCUT2D eigenvalue weighted by molar-refractivity contribution is 0.0255. The van der Waals surface area contributed by atoms with E-state index in [4.69, 9.17) is 11.2 Å². The Bertz CT molecular complexity index is 1610. The van der Waals surface area contributed by atoms with Crippen molar-refractivity contribution in [3.63, 3.8) is 0 Å². The zero-order chi connectivity index (χ0) is 32.1. The van der Waals surface area contributed by atoms with Crippen molar-refractivity contribution in [3.05, 3.63) is 46.6 Å². The summed E-state index contributed by atoms with van der Waals surface area (Å²) in [6.07, 6.45) is 13.3. The monoisotopic (exact) mass is 611 g/mol. The van der Waals surface area contributed by atoms with Crippen molar-refractivity contribution in [2.45, 2.75) is 63.5 Å². The Kier molecular flexibility index (Phi) is 9.77. The molecule has 10 nitrogen and oxygen atoms in total. The molecule has 0 aromatic carbocycles. The highest BCUT2D eigenvalue weighted by atomic mass is 32.1. The first-order valence-corrected chi connectivity index (χ1v) is 15.3. The van der Waals surface area contributed by atoms with E-state index in [9.17, 15) is 14.9 Å². The molecule has 0 bridgehead atoms. The van der Waals surface area contributed by atoms with Crippen molar-refractivity contribution >= 4 is 40.5 Å². The van der Waals surface area contributed by atoms with E-state index in [2.05, 4.69) is 45.4 Å². The molecular weight excluding hydrogens is 574 g/mol. The van der Waals surface area contributed by atoms with E-state index >= 15 is 0 Å². The first kappa shape index (κ1) is 32.3. The third-order valence-corrected chi connectivity index (χ3v) is 8.35. The SMILES string of the molecule is C#C[C@]1(C#CC(=O)c2ccnc(N3CCCN(C(=O)OC(C)(C)C)C[C@@H]3C=C)n2)CCCc2sc(/N=C/N(C)C)c(C#N)c21. The molecule has 0 unspecified atom stereocenters. The third kappa shape index (κ3) is 7.10. The summed E-state index contributed by atoms with van der Waals surface area (Å²) in [7, 11) is 3.71. The number of anilines is 1. The number of aliphatic imine (C=N–C) groups is 1. The number of rotatable bonds is 5. The number of aryl methyl sites for hydroxylation is 1. The summed E-state index contributed by atoms with van der Waals surface area (Å²) < 4.78 is 5.57. The molecular formula is C33H37N7O3S. The molecule has 2 aromatic rings. The molecule has 1 aliphatic heterocycles. The van der Waals surface area contributed by atoms with Crippen LogP contribution in [0.25, 0.3) is 0 Å². The van der Waals surface area contributed by atoms with Gasteiger partial charge in [0.25, 0.3) is 5.78 Å². The summed E-state index contributed by atoms with van der Waals surface area (Å²) in [6.45, 7) is 10.9. The molecule has 11 heteroatoms. The van der Waals surface area contributed by atoms with Crippen LogP contribution >= 0.6 is 11.3 Å². The van der Waals surface area contributed by atoms with Crippen LogP contribution in [0.15, 0.2) is 29.9 Å². The highest BCUT2D eigenvalue weighted by Crippen LogP contribution is 2.47. The molecule has 1 saturated heterocycles. The number of ether oxygens (including phenoxy) is 1. The quantitative estimate of drug-likeness (QED) is 0.119. The number of amides is 1. The number of carbonyl (C=O) groups excluding carboxylic acids is 2. The largest absolute Gasteiger partial charge is 0.444 e. The molecule has 44 heavy (non-hydrogen) atoms. The van der Waals surface area contributed by atoms with E-state index in [1.54, 1.807) is 22.2 Å². The minimum Gasteiger partial charge on any atom is -0.444 e. The molecule has 2 atom stereocenters. The lowest BCUT2D eigenvalue weighted by Crippen LogP contribution is -2.44. The highest BCUT2D eigenvalue weighted by Gasteiger charge is 2.39. The number of fused-ring (bicyclic) bond motifs is 1. The van der Waals surface area contributed by atoms with Gasteiger partial charge in [-0.2, -0.15) is 5.26 Å². The minimum absolute atomic E-state index is 0.129. The van der Waals surface area contributed by atoms with Gasteiger partial charge < -0.3 is 19.4 Å². The molecule has 4 rings (SSSR count). The number of Topliss-reactive ketones (excluding diaryl/α,β-unsaturated/α-hetero) is 1. The smallest absolute Gasteiger partial charge is 0.410 e. The average Bonchev–Trinajstić information content (AvgIpc) is 3.21. The van der Waals surface area contributed by atoms with Crippen LogP contribution in [0.1, 0.15) is 66.5 Å². The van der Waals surface area contributed by atoms with E-state index in [1.165, 1.54) is 23.6 Å². The Labute approximate surface area is 263 Å². The Balaban J connectivity index is 1.61. The molecule has 1 amide bonds. The van der Waals surface area contributed by atoms with Crippen molar-refractivity contribution < 1.29 is 14.3 Å². The number of aromatic nitrogens is 2. The summed E-state index contributed by atoms with van der Waals surface area (Å²) in [5.74, 6) is 8.46. The Morgan fingerprint density at radius 1 is 1.32 bits per heavy atom. The summed E-state index contributed by atoms with van der Waals surface area (Å²) in [5.41, 5.74) is -0.477. The van der Waals surface area contributed by atoms with Crippen LogP contribution in [0.3, 0.4) is 0 Å². The van der Waals surface area contributed by atoms with Crippen molar-refractivity contribution in [1.82, 2.24) is 19.8 Å². The summed E-state index contributed by atoms with van der Waals surface area (Å²) in [6, 6.07) is 3.50. The summed E-state index contributed by atoms with van der Waals surface area (Å²) in [5, 5.41) is 10.6. The second-order valence-corrected chi connectivity index (χ2v) is 13.0. The number of thiophene rings is 1. The van der Waals surface area contributed by atoms with Crippen molar-refractivity contribution in [3.8, 4) is 30.3 Å². The molecule has 2 aliphatic rings. The molecule has 1 fully saturated rings. The molecule has 1 aliphatic carbocycles. The molecule has 0 N–H and O–H groups in total. The number of nitrogens with zero attached hydrogens (tertiary/aromatic N) is 7. The van der Waals surface area contributed by atoms with Gasteiger partial charge in [-0.05, 0) is 58.4 Å². The first-order chi connectivity index (χ1) is 20.9. The van der Waals surface area contributed by atoms with Crippen molar-refractivity contribution in [1.29, 1.82) is 5.26 Å². The Morgan fingerprint density at radius 2 is 2.09 bits per heavy atom. The van der Waals surface area contributed by atoms with Gasteiger partial charge in [0.05, 0.1) is 17.9 Å². The number of ketones is 1. The van der Waals surface area contributed by atoms with Gasteiger partial charge in [0.15, 0.2) is 0 Å². The fourth-order valence-corrected chi connectivity index (χ4v) is 6.40. The third-order valence-electron chi connectivity index (χ3n) is 7.19. The van der Waals surface area contributed by atoms with Crippen LogP contribution in [0.2, 0.25) is 0 Å². The maximum Gasteiger partial charge on any atom is 0.410 e. The summed E-state index contributed by atoms with van der Waals surface area (Å²) >= 11 is 1.44. The highest BCUT2D eigenvalue weighted by molar-refractivity contribution is 7.16. The van der Waals surface area contributed by atoms with E-state index in [0.717, 1.165) is 17.7 Å². The molecule has 0 saturated carbocycles. The van der Waals surface area contributed by atoms with Gasteiger partial charge in [-0.25, -0.2) is 19.8 Å². The molecule has 0 spiro atoms. The van der Waals surface area contributed by atoms with Crippen molar-refractivity contribution in [2.75, 3.05) is 38.6 Å². The normalized spacial score (nSPS) is 19.9. The number of hydrogen-bond donors (Lipinski definition) is 0. The standard InChI is InChI=1S/C33H37N7O3S/c1-8-23-21-39(31(42)43-32(3,4)5)18-11-19-40(23)30-35-17-14-25(37-30)26(41)13-16-33(9-2)15-10-12-27-28(33)24(20-34)29(44-27)36-22-38(6)7/h2,8,14,17,22-23H,1,10-12,15,18-19,21H2,3-7H3/b36-22+/t23-,33+/m0/s1. The molecule has 228 valence electrons. The van der Waals surface area contributed by atoms with Crippen LogP contribution in [-0.2, 0) is 16.6 Å². The van der Waals surface area contributed by atoms with Crippen LogP contribution in [0.4, 0.5) is 15.7 Å². The Morgan fingerprint density at radius 3 is 2.75 bits per heavy atom. The number of carbonyl (C=O) groups is 2. The topological polar surface area (TPSA) is 115 Å². The molecule has 0 radical (unpaired) electrons. The van der Waals surface area contributed by atoms with Gasteiger partial charge >= 0.3 is 6.09 Å². The predicted molar refractivity (Wildman–Crippen MR) is 172 cm³/mol. The van der Waals surface area contributed by atoms with Crippen LogP contribution in [0.5, 0.6) is 0 Å². The van der Waals surface area contributed by atoms with Crippen LogP contribution < -0.4 is 4.90 Å². The minimum atomic E-state index is -1.09. The number of hydrogen-bond acceptors (Lipinski definition) is 9. The molecule has 3 heterocycles. The summed E-state index contributed by atoms with van der Waals surface area (Å²) in [4.78, 5) is 46.0. The van der Waals surface area contributed by atoms with E-state index in [1.807, 2.05) is 39.8 Å². The second-order valence-electron chi connectivity index (χ2n) is 11.9. The lowest BCUT2D eigenvalue weighted by Gasteiger charge is -2.30. The van der Waals surface area contributed by atoms with Gasteiger partial charge in [0.1, 0.15) is 27.8 Å². The Hall–Kier alpha value is -4.66. The van der Waals surface area contributed by atoms with Crippen LogP contribution in [0, 0.1) is 35.5 Å². The lowest BCUT2D eigenvalue weighted by atomic mass is 9.72. The maximum atomic E-state index is 13.4.